The molecule has 29 heavy (non-hydrogen) atoms. The summed E-state index contributed by atoms with van der Waals surface area (Å²) >= 11 is 0. The fraction of sp³-hybridized carbons (Fsp3) is 0.250. The Bertz CT molecular complexity index is 1110. The molecule has 0 aliphatic rings. The molecule has 152 valence electrons. The monoisotopic (exact) mass is 413 g/mol. The summed E-state index contributed by atoms with van der Waals surface area (Å²) in [4.78, 5) is 12.7. The average Bonchev–Trinajstić information content (AvgIpc) is 3.21. The number of benzene rings is 2. The van der Waals surface area contributed by atoms with E-state index in [0.29, 0.717) is 24.3 Å². The maximum atomic E-state index is 12.9. The Kier molecular flexibility index (Phi) is 6.09. The second kappa shape index (κ2) is 8.54. The highest BCUT2D eigenvalue weighted by Gasteiger charge is 2.24. The van der Waals surface area contributed by atoms with E-state index in [9.17, 15) is 13.2 Å². The molecule has 0 atom stereocenters. The molecule has 1 amide bonds. The van der Waals surface area contributed by atoms with Crippen LogP contribution in [0.5, 0.6) is 0 Å². The van der Waals surface area contributed by atoms with Crippen LogP contribution in [0, 0.1) is 6.92 Å². The number of rotatable bonds is 7. The number of amides is 1. The number of carbonyl (C=O) groups excluding carboxylic acids is 1. The lowest BCUT2D eigenvalue weighted by Gasteiger charge is -2.20. The molecule has 9 heteroatoms. The molecule has 0 unspecified atom stereocenters. The highest BCUT2D eigenvalue weighted by atomic mass is 32.2. The second-order valence-corrected chi connectivity index (χ2v) is 8.31. The van der Waals surface area contributed by atoms with Crippen molar-refractivity contribution in [2.75, 3.05) is 18.4 Å². The zero-order valence-corrected chi connectivity index (χ0v) is 17.3. The maximum absolute atomic E-state index is 12.9. The van der Waals surface area contributed by atoms with E-state index in [1.807, 2.05) is 30.3 Å². The van der Waals surface area contributed by atoms with Gasteiger partial charge in [-0.3, -0.25) is 4.79 Å². The Balaban J connectivity index is 1.84. The quantitative estimate of drug-likeness (QED) is 0.642. The van der Waals surface area contributed by atoms with Crippen LogP contribution in [0.3, 0.4) is 0 Å². The number of hydrogen-bond acceptors (Lipinski definition) is 5. The van der Waals surface area contributed by atoms with E-state index in [1.54, 1.807) is 32.9 Å². The SMILES string of the molecule is CCN(CC)S(=O)(=O)c1cc(NC(=O)c2cn(-c3ccccc3)nn2)ccc1C. The minimum absolute atomic E-state index is 0.127. The number of hydrogen-bond donors (Lipinski definition) is 1. The van der Waals surface area contributed by atoms with Gasteiger partial charge in [0.05, 0.1) is 16.8 Å². The maximum Gasteiger partial charge on any atom is 0.277 e. The van der Waals surface area contributed by atoms with E-state index in [-0.39, 0.29) is 10.6 Å². The summed E-state index contributed by atoms with van der Waals surface area (Å²) in [6.45, 7) is 6.05. The predicted octanol–water partition coefficient (Wildman–Crippen LogP) is 2.86. The van der Waals surface area contributed by atoms with Crippen molar-refractivity contribution in [3.05, 3.63) is 66.0 Å². The first kappa shape index (κ1) is 20.7. The number of para-hydroxylation sites is 1. The summed E-state index contributed by atoms with van der Waals surface area (Å²) in [6.07, 6.45) is 1.52. The van der Waals surface area contributed by atoms with Crippen LogP contribution in [0.2, 0.25) is 0 Å². The number of nitrogens with one attached hydrogen (secondary N) is 1. The van der Waals surface area contributed by atoms with Crippen LogP contribution in [0.4, 0.5) is 5.69 Å². The Morgan fingerprint density at radius 2 is 1.79 bits per heavy atom. The number of nitrogens with zero attached hydrogens (tertiary/aromatic N) is 4. The summed E-state index contributed by atoms with van der Waals surface area (Å²) in [5.74, 6) is -0.470. The summed E-state index contributed by atoms with van der Waals surface area (Å²) in [5.41, 5.74) is 1.90. The van der Waals surface area contributed by atoms with Crippen molar-refractivity contribution < 1.29 is 13.2 Å². The topological polar surface area (TPSA) is 97.2 Å². The molecule has 0 saturated heterocycles. The second-order valence-electron chi connectivity index (χ2n) is 6.41. The Morgan fingerprint density at radius 1 is 1.10 bits per heavy atom. The number of aryl methyl sites for hydroxylation is 1. The number of anilines is 1. The Labute approximate surface area is 170 Å². The minimum Gasteiger partial charge on any atom is -0.321 e. The van der Waals surface area contributed by atoms with E-state index in [1.165, 1.54) is 21.3 Å². The van der Waals surface area contributed by atoms with Gasteiger partial charge in [-0.1, -0.05) is 43.3 Å². The molecule has 8 nitrogen and oxygen atoms in total. The molecule has 0 fully saturated rings. The standard InChI is InChI=1S/C20H23N5O3S/c1-4-24(5-2)29(27,28)19-13-16(12-11-15(19)3)21-20(26)18-14-25(23-22-18)17-9-7-6-8-10-17/h6-14H,4-5H2,1-3H3,(H,21,26). The molecule has 0 aliphatic carbocycles. The lowest BCUT2D eigenvalue weighted by molar-refractivity contribution is 0.102. The van der Waals surface area contributed by atoms with E-state index in [4.69, 9.17) is 0 Å². The third-order valence-electron chi connectivity index (χ3n) is 4.52. The van der Waals surface area contributed by atoms with Crippen LogP contribution in [-0.2, 0) is 10.0 Å². The molecule has 2 aromatic carbocycles. The molecule has 0 radical (unpaired) electrons. The van der Waals surface area contributed by atoms with Gasteiger partial charge < -0.3 is 5.32 Å². The summed E-state index contributed by atoms with van der Waals surface area (Å²) in [6, 6.07) is 14.1. The first-order valence-electron chi connectivity index (χ1n) is 9.26. The summed E-state index contributed by atoms with van der Waals surface area (Å²) in [7, 11) is -3.64. The van der Waals surface area contributed by atoms with Crippen LogP contribution in [0.25, 0.3) is 5.69 Å². The van der Waals surface area contributed by atoms with Crippen LogP contribution in [0.15, 0.2) is 59.6 Å². The van der Waals surface area contributed by atoms with Crippen molar-refractivity contribution in [3.63, 3.8) is 0 Å². The summed E-state index contributed by atoms with van der Waals surface area (Å²) in [5, 5.41) is 10.6. The molecule has 0 spiro atoms. The van der Waals surface area contributed by atoms with Gasteiger partial charge in [0.15, 0.2) is 5.69 Å². The molecule has 3 rings (SSSR count). The first-order chi connectivity index (χ1) is 13.9. The minimum atomic E-state index is -3.64. The van der Waals surface area contributed by atoms with Gasteiger partial charge in [-0.2, -0.15) is 4.31 Å². The third-order valence-corrected chi connectivity index (χ3v) is 6.71. The molecule has 0 aliphatic heterocycles. The molecule has 1 aromatic heterocycles. The number of aromatic nitrogens is 3. The molecular formula is C20H23N5O3S. The molecule has 0 bridgehead atoms. The molecular weight excluding hydrogens is 390 g/mol. The van der Waals surface area contributed by atoms with Gasteiger partial charge in [-0.05, 0) is 36.8 Å². The molecule has 1 heterocycles. The smallest absolute Gasteiger partial charge is 0.277 e. The summed E-state index contributed by atoms with van der Waals surface area (Å²) < 4.78 is 28.6. The Morgan fingerprint density at radius 3 is 2.45 bits per heavy atom. The fourth-order valence-corrected chi connectivity index (χ4v) is 4.64. The number of sulfonamides is 1. The van der Waals surface area contributed by atoms with Crippen molar-refractivity contribution in [2.45, 2.75) is 25.7 Å². The van der Waals surface area contributed by atoms with E-state index in [0.717, 1.165) is 5.69 Å². The Hall–Kier alpha value is -3.04. The van der Waals surface area contributed by atoms with Crippen LogP contribution < -0.4 is 5.32 Å². The normalized spacial score (nSPS) is 11.6. The predicted molar refractivity (Wildman–Crippen MR) is 111 cm³/mol. The van der Waals surface area contributed by atoms with Gasteiger partial charge in [0.25, 0.3) is 5.91 Å². The number of carbonyl (C=O) groups is 1. The van der Waals surface area contributed by atoms with Crippen LogP contribution in [-0.4, -0.2) is 46.7 Å². The molecule has 0 saturated carbocycles. The van der Waals surface area contributed by atoms with E-state index < -0.39 is 15.9 Å². The van der Waals surface area contributed by atoms with Crippen molar-refractivity contribution in [1.29, 1.82) is 0 Å². The largest absolute Gasteiger partial charge is 0.321 e. The van der Waals surface area contributed by atoms with Gasteiger partial charge in [0, 0.05) is 18.8 Å². The fourth-order valence-electron chi connectivity index (χ4n) is 2.93. The highest BCUT2D eigenvalue weighted by molar-refractivity contribution is 7.89. The highest BCUT2D eigenvalue weighted by Crippen LogP contribution is 2.24. The van der Waals surface area contributed by atoms with Crippen molar-refractivity contribution in [3.8, 4) is 5.69 Å². The van der Waals surface area contributed by atoms with Crippen molar-refractivity contribution >= 4 is 21.6 Å². The molecule has 1 N–H and O–H groups in total. The van der Waals surface area contributed by atoms with Crippen molar-refractivity contribution in [2.24, 2.45) is 0 Å². The lowest BCUT2D eigenvalue weighted by Crippen LogP contribution is -2.31. The zero-order valence-electron chi connectivity index (χ0n) is 16.5. The molecule has 3 aromatic rings. The van der Waals surface area contributed by atoms with Gasteiger partial charge in [-0.25, -0.2) is 13.1 Å². The first-order valence-corrected chi connectivity index (χ1v) is 10.7. The van der Waals surface area contributed by atoms with Gasteiger partial charge in [-0.15, -0.1) is 5.10 Å². The van der Waals surface area contributed by atoms with Crippen LogP contribution in [0.1, 0.15) is 29.9 Å². The third kappa shape index (κ3) is 4.36. The average molecular weight is 414 g/mol. The van der Waals surface area contributed by atoms with Gasteiger partial charge in [0.2, 0.25) is 10.0 Å². The zero-order chi connectivity index (χ0) is 21.0. The lowest BCUT2D eigenvalue weighted by atomic mass is 10.2. The van der Waals surface area contributed by atoms with Crippen molar-refractivity contribution in [1.82, 2.24) is 19.3 Å². The van der Waals surface area contributed by atoms with Gasteiger partial charge >= 0.3 is 0 Å². The van der Waals surface area contributed by atoms with E-state index in [2.05, 4.69) is 15.6 Å². The van der Waals surface area contributed by atoms with E-state index >= 15 is 0 Å². The van der Waals surface area contributed by atoms with Crippen LogP contribution >= 0.6 is 0 Å². The van der Waals surface area contributed by atoms with Gasteiger partial charge in [0.1, 0.15) is 0 Å².